The summed E-state index contributed by atoms with van der Waals surface area (Å²) in [6.45, 7) is 4.86. The minimum Gasteiger partial charge on any atom is -0.378 e. The Morgan fingerprint density at radius 1 is 1.29 bits per heavy atom. The summed E-state index contributed by atoms with van der Waals surface area (Å²) in [6.07, 6.45) is 1.58. The lowest BCUT2D eigenvalue weighted by Crippen LogP contribution is -2.25. The Balaban J connectivity index is 2.13. The number of anilines is 1. The number of halogens is 1. The van der Waals surface area contributed by atoms with Crippen molar-refractivity contribution in [3.05, 3.63) is 57.0 Å². The van der Waals surface area contributed by atoms with Crippen molar-refractivity contribution in [2.45, 2.75) is 33.0 Å². The molecule has 0 bridgehead atoms. The molecule has 1 aromatic carbocycles. The zero-order valence-corrected chi connectivity index (χ0v) is 12.9. The Labute approximate surface area is 128 Å². The Bertz CT molecular complexity index is 664. The summed E-state index contributed by atoms with van der Waals surface area (Å²) in [5, 5.41) is 7.42. The predicted octanol–water partition coefficient (Wildman–Crippen LogP) is 2.55. The van der Waals surface area contributed by atoms with E-state index in [2.05, 4.69) is 10.4 Å². The van der Waals surface area contributed by atoms with Gasteiger partial charge in [-0.05, 0) is 25.0 Å². The SMILES string of the molecule is CC(C)n1ncc(NCc2ccc(CN)cc2)c(Cl)c1=O. The van der Waals surface area contributed by atoms with E-state index in [9.17, 15) is 4.79 Å². The highest BCUT2D eigenvalue weighted by molar-refractivity contribution is 6.32. The number of aromatic nitrogens is 2. The predicted molar refractivity (Wildman–Crippen MR) is 85.6 cm³/mol. The lowest BCUT2D eigenvalue weighted by Gasteiger charge is -2.12. The fourth-order valence-electron chi connectivity index (χ4n) is 1.93. The monoisotopic (exact) mass is 306 g/mol. The summed E-state index contributed by atoms with van der Waals surface area (Å²) in [7, 11) is 0. The van der Waals surface area contributed by atoms with Gasteiger partial charge in [-0.2, -0.15) is 5.10 Å². The number of nitrogens with two attached hydrogens (primary N) is 1. The zero-order chi connectivity index (χ0) is 15.4. The molecule has 6 heteroatoms. The molecule has 0 aliphatic heterocycles. The molecular formula is C15H19ClN4O. The third-order valence-electron chi connectivity index (χ3n) is 3.17. The maximum absolute atomic E-state index is 12.0. The van der Waals surface area contributed by atoms with Crippen LogP contribution in [0.15, 0.2) is 35.3 Å². The van der Waals surface area contributed by atoms with Gasteiger partial charge >= 0.3 is 0 Å². The van der Waals surface area contributed by atoms with Gasteiger partial charge < -0.3 is 11.1 Å². The smallest absolute Gasteiger partial charge is 0.287 e. The maximum atomic E-state index is 12.0. The first kappa shape index (κ1) is 15.5. The summed E-state index contributed by atoms with van der Waals surface area (Å²) in [5.74, 6) is 0. The van der Waals surface area contributed by atoms with Crippen LogP contribution < -0.4 is 16.6 Å². The van der Waals surface area contributed by atoms with E-state index in [1.54, 1.807) is 6.20 Å². The van der Waals surface area contributed by atoms with E-state index in [1.807, 2.05) is 38.1 Å². The second-order valence-corrected chi connectivity index (χ2v) is 5.47. The number of benzene rings is 1. The van der Waals surface area contributed by atoms with E-state index in [-0.39, 0.29) is 16.6 Å². The minimum absolute atomic E-state index is 0.0205. The lowest BCUT2D eigenvalue weighted by molar-refractivity contribution is 0.503. The van der Waals surface area contributed by atoms with E-state index >= 15 is 0 Å². The molecule has 1 aromatic heterocycles. The lowest BCUT2D eigenvalue weighted by atomic mass is 10.1. The van der Waals surface area contributed by atoms with Crippen LogP contribution in [0, 0.1) is 0 Å². The summed E-state index contributed by atoms with van der Waals surface area (Å²) >= 11 is 6.10. The summed E-state index contributed by atoms with van der Waals surface area (Å²) in [6, 6.07) is 7.92. The molecule has 2 aromatic rings. The average molecular weight is 307 g/mol. The highest BCUT2D eigenvalue weighted by Crippen LogP contribution is 2.17. The quantitative estimate of drug-likeness (QED) is 0.890. The first-order chi connectivity index (χ1) is 10.0. The van der Waals surface area contributed by atoms with Crippen LogP contribution in [0.4, 0.5) is 5.69 Å². The Hall–Kier alpha value is -1.85. The summed E-state index contributed by atoms with van der Waals surface area (Å²) in [5.41, 5.74) is 7.98. The van der Waals surface area contributed by atoms with Gasteiger partial charge in [0.1, 0.15) is 5.02 Å². The third kappa shape index (κ3) is 3.62. The van der Waals surface area contributed by atoms with Crippen LogP contribution in [0.3, 0.4) is 0 Å². The molecule has 0 saturated carbocycles. The Kier molecular flexibility index (Phi) is 4.98. The second kappa shape index (κ2) is 6.74. The van der Waals surface area contributed by atoms with Gasteiger partial charge in [-0.15, -0.1) is 0 Å². The average Bonchev–Trinajstić information content (AvgIpc) is 2.49. The molecule has 1 heterocycles. The highest BCUT2D eigenvalue weighted by atomic mass is 35.5. The van der Waals surface area contributed by atoms with Crippen molar-refractivity contribution in [3.63, 3.8) is 0 Å². The van der Waals surface area contributed by atoms with Crippen molar-refractivity contribution in [1.29, 1.82) is 0 Å². The zero-order valence-electron chi connectivity index (χ0n) is 12.1. The van der Waals surface area contributed by atoms with Gasteiger partial charge in [-0.3, -0.25) is 4.79 Å². The molecule has 0 fully saturated rings. The van der Waals surface area contributed by atoms with Crippen molar-refractivity contribution in [2.75, 3.05) is 5.32 Å². The van der Waals surface area contributed by atoms with Crippen molar-refractivity contribution < 1.29 is 0 Å². The van der Waals surface area contributed by atoms with Crippen molar-refractivity contribution >= 4 is 17.3 Å². The van der Waals surface area contributed by atoms with Crippen LogP contribution in [0.2, 0.25) is 5.02 Å². The fraction of sp³-hybridized carbons (Fsp3) is 0.333. The number of hydrogen-bond donors (Lipinski definition) is 2. The summed E-state index contributed by atoms with van der Waals surface area (Å²) < 4.78 is 1.36. The van der Waals surface area contributed by atoms with Crippen LogP contribution >= 0.6 is 11.6 Å². The van der Waals surface area contributed by atoms with Crippen LogP contribution in [0.5, 0.6) is 0 Å². The van der Waals surface area contributed by atoms with Gasteiger partial charge in [0.25, 0.3) is 5.56 Å². The largest absolute Gasteiger partial charge is 0.378 e. The Morgan fingerprint density at radius 3 is 2.48 bits per heavy atom. The van der Waals surface area contributed by atoms with Crippen LogP contribution in [0.25, 0.3) is 0 Å². The van der Waals surface area contributed by atoms with Crippen molar-refractivity contribution in [3.8, 4) is 0 Å². The van der Waals surface area contributed by atoms with E-state index in [0.29, 0.717) is 18.8 Å². The van der Waals surface area contributed by atoms with Crippen molar-refractivity contribution in [1.82, 2.24) is 9.78 Å². The number of hydrogen-bond acceptors (Lipinski definition) is 4. The maximum Gasteiger partial charge on any atom is 0.287 e. The first-order valence-corrected chi connectivity index (χ1v) is 7.19. The molecule has 21 heavy (non-hydrogen) atoms. The van der Waals surface area contributed by atoms with E-state index in [1.165, 1.54) is 4.68 Å². The molecule has 5 nitrogen and oxygen atoms in total. The molecule has 0 atom stereocenters. The first-order valence-electron chi connectivity index (χ1n) is 6.82. The molecule has 0 aliphatic carbocycles. The standard InChI is InChI=1S/C15H19ClN4O/c1-10(2)20-15(21)14(16)13(9-19-20)18-8-12-5-3-11(7-17)4-6-12/h3-6,9-10,18H,7-8,17H2,1-2H3. The highest BCUT2D eigenvalue weighted by Gasteiger charge is 2.10. The van der Waals surface area contributed by atoms with Gasteiger partial charge in [0.2, 0.25) is 0 Å². The van der Waals surface area contributed by atoms with E-state index < -0.39 is 0 Å². The second-order valence-electron chi connectivity index (χ2n) is 5.09. The normalized spacial score (nSPS) is 10.9. The van der Waals surface area contributed by atoms with Gasteiger partial charge in [0.15, 0.2) is 0 Å². The molecule has 0 saturated heterocycles. The number of nitrogens with one attached hydrogen (secondary N) is 1. The molecule has 112 valence electrons. The number of nitrogens with zero attached hydrogens (tertiary/aromatic N) is 2. The minimum atomic E-state index is -0.282. The molecule has 2 rings (SSSR count). The topological polar surface area (TPSA) is 72.9 Å². The van der Waals surface area contributed by atoms with E-state index in [0.717, 1.165) is 11.1 Å². The molecule has 0 radical (unpaired) electrons. The fourth-order valence-corrected chi connectivity index (χ4v) is 2.13. The van der Waals surface area contributed by atoms with Gasteiger partial charge in [-0.25, -0.2) is 4.68 Å². The van der Waals surface area contributed by atoms with Crippen LogP contribution in [-0.2, 0) is 13.1 Å². The molecule has 0 aliphatic rings. The Morgan fingerprint density at radius 2 is 1.90 bits per heavy atom. The van der Waals surface area contributed by atoms with E-state index in [4.69, 9.17) is 17.3 Å². The third-order valence-corrected chi connectivity index (χ3v) is 3.54. The van der Waals surface area contributed by atoms with Crippen LogP contribution in [0.1, 0.15) is 31.0 Å². The molecule has 0 spiro atoms. The van der Waals surface area contributed by atoms with Gasteiger partial charge in [-0.1, -0.05) is 35.9 Å². The van der Waals surface area contributed by atoms with Gasteiger partial charge in [0.05, 0.1) is 17.9 Å². The number of rotatable bonds is 5. The molecular weight excluding hydrogens is 288 g/mol. The molecule has 3 N–H and O–H groups in total. The molecule has 0 amide bonds. The van der Waals surface area contributed by atoms with Crippen molar-refractivity contribution in [2.24, 2.45) is 5.73 Å². The van der Waals surface area contributed by atoms with Gasteiger partial charge in [0, 0.05) is 13.1 Å². The van der Waals surface area contributed by atoms with Crippen LogP contribution in [-0.4, -0.2) is 9.78 Å². The molecule has 0 unspecified atom stereocenters. The summed E-state index contributed by atoms with van der Waals surface area (Å²) in [4.78, 5) is 12.0.